The fourth-order valence-corrected chi connectivity index (χ4v) is 3.88. The monoisotopic (exact) mass is 371 g/mol. The van der Waals surface area contributed by atoms with Crippen molar-refractivity contribution in [2.24, 2.45) is 5.92 Å². The minimum Gasteiger partial charge on any atom is -0.206 e. The fraction of sp³-hybridized carbons (Fsp3) is 0.346. The van der Waals surface area contributed by atoms with Gasteiger partial charge in [0.2, 0.25) is 0 Å². The molecule has 0 amide bonds. The molecule has 0 saturated heterocycles. The van der Waals surface area contributed by atoms with Gasteiger partial charge in [-0.1, -0.05) is 55.5 Å². The highest BCUT2D eigenvalue weighted by molar-refractivity contribution is 5.42. The third-order valence-electron chi connectivity index (χ3n) is 5.52. The van der Waals surface area contributed by atoms with Crippen LogP contribution in [0.2, 0.25) is 0 Å². The highest BCUT2D eigenvalue weighted by Crippen LogP contribution is 2.36. The lowest BCUT2D eigenvalue weighted by Gasteiger charge is -2.27. The van der Waals surface area contributed by atoms with Crippen molar-refractivity contribution in [3.63, 3.8) is 0 Å². The maximum Gasteiger partial charge on any atom is 0.142 e. The van der Waals surface area contributed by atoms with Crippen LogP contribution in [0.15, 0.2) is 54.6 Å². The topological polar surface area (TPSA) is 23.8 Å². The number of nitriles is 1. The number of rotatable bonds is 4. The average Bonchev–Trinajstić information content (AvgIpc) is 2.73. The van der Waals surface area contributed by atoms with Gasteiger partial charge in [0, 0.05) is 5.56 Å². The summed E-state index contributed by atoms with van der Waals surface area (Å²) < 4.78 is 13.6. The molecule has 2 aromatic carbocycles. The molecule has 2 aromatic rings. The van der Waals surface area contributed by atoms with Crippen molar-refractivity contribution in [2.45, 2.75) is 51.4 Å². The van der Waals surface area contributed by atoms with Crippen molar-refractivity contribution >= 4 is 0 Å². The molecule has 0 spiro atoms. The molecule has 0 radical (unpaired) electrons. The fourth-order valence-electron chi connectivity index (χ4n) is 3.88. The smallest absolute Gasteiger partial charge is 0.142 e. The second-order valence-corrected chi connectivity index (χ2v) is 7.54. The van der Waals surface area contributed by atoms with E-state index in [2.05, 4.69) is 49.1 Å². The lowest BCUT2D eigenvalue weighted by atomic mass is 9.78. The summed E-state index contributed by atoms with van der Waals surface area (Å²) in [4.78, 5) is 0. The second kappa shape index (κ2) is 9.91. The summed E-state index contributed by atoms with van der Waals surface area (Å²) in [7, 11) is 0. The molecule has 2 heteroatoms. The Kier molecular flexibility index (Phi) is 7.05. The first-order chi connectivity index (χ1) is 13.7. The van der Waals surface area contributed by atoms with Crippen LogP contribution in [0, 0.1) is 34.9 Å². The molecule has 1 saturated carbocycles. The van der Waals surface area contributed by atoms with Crippen LogP contribution < -0.4 is 0 Å². The molecule has 28 heavy (non-hydrogen) atoms. The van der Waals surface area contributed by atoms with Gasteiger partial charge in [0.05, 0.1) is 5.56 Å². The Hall–Kier alpha value is -2.84. The maximum atomic E-state index is 13.6. The van der Waals surface area contributed by atoms with Crippen LogP contribution in [-0.2, 0) is 6.42 Å². The Morgan fingerprint density at radius 3 is 2.46 bits per heavy atom. The molecule has 0 heterocycles. The zero-order valence-corrected chi connectivity index (χ0v) is 16.4. The predicted molar refractivity (Wildman–Crippen MR) is 112 cm³/mol. The Balaban J connectivity index is 1.50. The number of halogens is 1. The van der Waals surface area contributed by atoms with Gasteiger partial charge in [-0.05, 0) is 79.3 Å². The summed E-state index contributed by atoms with van der Waals surface area (Å²) >= 11 is 0. The first kappa shape index (κ1) is 19.9. The van der Waals surface area contributed by atoms with Gasteiger partial charge in [0.1, 0.15) is 11.9 Å². The molecule has 0 aromatic heterocycles. The Morgan fingerprint density at radius 1 is 1.07 bits per heavy atom. The van der Waals surface area contributed by atoms with Gasteiger partial charge < -0.3 is 0 Å². The quantitative estimate of drug-likeness (QED) is 0.560. The molecule has 0 N–H and O–H groups in total. The van der Waals surface area contributed by atoms with Crippen LogP contribution in [0.1, 0.15) is 67.2 Å². The van der Waals surface area contributed by atoms with E-state index in [1.807, 2.05) is 12.1 Å². The predicted octanol–water partition coefficient (Wildman–Crippen LogP) is 6.53. The molecule has 0 atom stereocenters. The number of benzene rings is 2. The van der Waals surface area contributed by atoms with Crippen molar-refractivity contribution in [2.75, 3.05) is 0 Å². The second-order valence-electron chi connectivity index (χ2n) is 7.54. The maximum absolute atomic E-state index is 13.6. The summed E-state index contributed by atoms with van der Waals surface area (Å²) in [5.41, 5.74) is 3.56. The molecule has 1 nitrogen and oxygen atoms in total. The lowest BCUT2D eigenvalue weighted by Crippen LogP contribution is -2.11. The summed E-state index contributed by atoms with van der Waals surface area (Å²) in [6.07, 6.45) is 11.2. The van der Waals surface area contributed by atoms with E-state index < -0.39 is 5.82 Å². The van der Waals surface area contributed by atoms with E-state index in [0.29, 0.717) is 17.4 Å². The van der Waals surface area contributed by atoms with E-state index in [9.17, 15) is 4.39 Å². The van der Waals surface area contributed by atoms with Crippen LogP contribution in [0.25, 0.3) is 0 Å². The minimum atomic E-state index is -0.515. The standard InChI is InChI=1S/C26H26FN/c1-2-5-20-8-13-23(14-9-20)24-15-10-21(11-16-24)6-3-4-7-22-12-17-25(19-28)26(27)18-22/h3,6,8-9,12-14,17-18,21,24H,2,5,10-11,15-16H2,1H3. The molecule has 0 unspecified atom stereocenters. The molecule has 3 rings (SSSR count). The van der Waals surface area contributed by atoms with Crippen molar-refractivity contribution < 1.29 is 4.39 Å². The first-order valence-corrected chi connectivity index (χ1v) is 10.2. The lowest BCUT2D eigenvalue weighted by molar-refractivity contribution is 0.376. The van der Waals surface area contributed by atoms with Crippen LogP contribution >= 0.6 is 0 Å². The van der Waals surface area contributed by atoms with Gasteiger partial charge in [0.15, 0.2) is 0 Å². The number of hydrogen-bond acceptors (Lipinski definition) is 1. The summed E-state index contributed by atoms with van der Waals surface area (Å²) in [5.74, 6) is 6.67. The number of aryl methyl sites for hydroxylation is 1. The first-order valence-electron chi connectivity index (χ1n) is 10.2. The zero-order chi connectivity index (χ0) is 19.8. The molecule has 0 aliphatic heterocycles. The van der Waals surface area contributed by atoms with E-state index in [-0.39, 0.29) is 5.56 Å². The Morgan fingerprint density at radius 2 is 1.82 bits per heavy atom. The van der Waals surface area contributed by atoms with Gasteiger partial charge in [-0.15, -0.1) is 0 Å². The van der Waals surface area contributed by atoms with Crippen LogP contribution in [0.4, 0.5) is 4.39 Å². The molecule has 0 bridgehead atoms. The number of nitrogens with zero attached hydrogens (tertiary/aromatic N) is 1. The largest absolute Gasteiger partial charge is 0.206 e. The van der Waals surface area contributed by atoms with Crippen molar-refractivity contribution in [1.29, 1.82) is 5.26 Å². The molecule has 1 aliphatic rings. The molecule has 142 valence electrons. The zero-order valence-electron chi connectivity index (χ0n) is 16.4. The van der Waals surface area contributed by atoms with Crippen molar-refractivity contribution in [3.8, 4) is 17.9 Å². The summed E-state index contributed by atoms with van der Waals surface area (Å²) in [6, 6.07) is 15.5. The summed E-state index contributed by atoms with van der Waals surface area (Å²) in [5, 5.41) is 8.76. The summed E-state index contributed by atoms with van der Waals surface area (Å²) in [6.45, 7) is 2.22. The molecular formula is C26H26FN. The Bertz CT molecular complexity index is 914. The van der Waals surface area contributed by atoms with E-state index in [4.69, 9.17) is 5.26 Å². The highest BCUT2D eigenvalue weighted by atomic mass is 19.1. The van der Waals surface area contributed by atoms with Crippen LogP contribution in [-0.4, -0.2) is 0 Å². The number of hydrogen-bond donors (Lipinski definition) is 0. The van der Waals surface area contributed by atoms with Gasteiger partial charge in [0.25, 0.3) is 0 Å². The van der Waals surface area contributed by atoms with Gasteiger partial charge in [-0.3, -0.25) is 0 Å². The highest BCUT2D eigenvalue weighted by Gasteiger charge is 2.20. The SMILES string of the molecule is CCCc1ccc(C2CCC(C=CC#Cc3ccc(C#N)c(F)c3)CC2)cc1. The third-order valence-corrected chi connectivity index (χ3v) is 5.52. The van der Waals surface area contributed by atoms with Crippen LogP contribution in [0.3, 0.4) is 0 Å². The number of allylic oxidation sites excluding steroid dienone is 2. The van der Waals surface area contributed by atoms with E-state index in [0.717, 1.165) is 6.42 Å². The molecule has 1 fully saturated rings. The normalized spacial score (nSPS) is 19.0. The van der Waals surface area contributed by atoms with Crippen molar-refractivity contribution in [3.05, 3.63) is 82.7 Å². The van der Waals surface area contributed by atoms with Crippen LogP contribution in [0.5, 0.6) is 0 Å². The minimum absolute atomic E-state index is 0.0536. The average molecular weight is 371 g/mol. The van der Waals surface area contributed by atoms with Gasteiger partial charge >= 0.3 is 0 Å². The Labute approximate surface area is 167 Å². The van der Waals surface area contributed by atoms with E-state index in [1.54, 1.807) is 6.07 Å². The molecule has 1 aliphatic carbocycles. The molecular weight excluding hydrogens is 345 g/mol. The third kappa shape index (κ3) is 5.34. The van der Waals surface area contributed by atoms with Crippen molar-refractivity contribution in [1.82, 2.24) is 0 Å². The van der Waals surface area contributed by atoms with Gasteiger partial charge in [-0.2, -0.15) is 5.26 Å². The van der Waals surface area contributed by atoms with Gasteiger partial charge in [-0.25, -0.2) is 4.39 Å². The van der Waals surface area contributed by atoms with E-state index in [1.165, 1.54) is 55.4 Å². The van der Waals surface area contributed by atoms with E-state index >= 15 is 0 Å².